The van der Waals surface area contributed by atoms with Gasteiger partial charge in [-0.1, -0.05) is 6.07 Å². The van der Waals surface area contributed by atoms with Crippen LogP contribution in [0.1, 0.15) is 23.2 Å². The van der Waals surface area contributed by atoms with Gasteiger partial charge in [-0.05, 0) is 49.2 Å². The van der Waals surface area contributed by atoms with Gasteiger partial charge in [-0.2, -0.15) is 0 Å². The molecule has 148 valence electrons. The Morgan fingerprint density at radius 2 is 2.04 bits per heavy atom. The number of ether oxygens (including phenoxy) is 2. The van der Waals surface area contributed by atoms with Gasteiger partial charge >= 0.3 is 0 Å². The quantitative estimate of drug-likeness (QED) is 0.707. The first-order valence-corrected chi connectivity index (χ1v) is 8.91. The zero-order valence-electron chi connectivity index (χ0n) is 15.4. The van der Waals surface area contributed by atoms with E-state index < -0.39 is 17.8 Å². The Morgan fingerprint density at radius 1 is 1.21 bits per heavy atom. The number of carbonyl (C=O) groups is 2. The molecule has 8 heteroatoms. The average Bonchev–Trinajstić information content (AvgIpc) is 3.18. The zero-order chi connectivity index (χ0) is 20.1. The van der Waals surface area contributed by atoms with Crippen molar-refractivity contribution in [2.45, 2.75) is 25.0 Å². The minimum Gasteiger partial charge on any atom is -0.495 e. The summed E-state index contributed by atoms with van der Waals surface area (Å²) < 4.78 is 24.2. The average molecular weight is 387 g/mol. The Bertz CT molecular complexity index is 874. The van der Waals surface area contributed by atoms with Crippen LogP contribution in [-0.2, 0) is 9.53 Å². The number of carbonyl (C=O) groups excluding carboxylic acids is 2. The monoisotopic (exact) mass is 387 g/mol. The van der Waals surface area contributed by atoms with Gasteiger partial charge in [0.05, 0.1) is 18.9 Å². The van der Waals surface area contributed by atoms with Gasteiger partial charge in [0.1, 0.15) is 17.7 Å². The number of anilines is 2. The van der Waals surface area contributed by atoms with Crippen molar-refractivity contribution in [3.05, 3.63) is 53.8 Å². The molecule has 3 rings (SSSR count). The molecular weight excluding hydrogens is 365 g/mol. The van der Waals surface area contributed by atoms with E-state index in [9.17, 15) is 14.0 Å². The molecule has 0 radical (unpaired) electrons. The fourth-order valence-electron chi connectivity index (χ4n) is 3.00. The molecule has 2 amide bonds. The molecular formula is C20H22FN3O4. The maximum absolute atomic E-state index is 13.3. The highest BCUT2D eigenvalue weighted by atomic mass is 19.1. The molecule has 0 aromatic heterocycles. The third-order valence-corrected chi connectivity index (χ3v) is 4.46. The molecule has 7 nitrogen and oxygen atoms in total. The topological polar surface area (TPSA) is 103 Å². The fourth-order valence-corrected chi connectivity index (χ4v) is 3.00. The summed E-state index contributed by atoms with van der Waals surface area (Å²) in [5, 5.41) is 5.45. The first-order valence-electron chi connectivity index (χ1n) is 8.91. The van der Waals surface area contributed by atoms with Crippen LogP contribution < -0.4 is 21.1 Å². The molecule has 1 heterocycles. The zero-order valence-corrected chi connectivity index (χ0v) is 15.4. The lowest BCUT2D eigenvalue weighted by atomic mass is 10.1. The van der Waals surface area contributed by atoms with Gasteiger partial charge < -0.3 is 25.8 Å². The minimum atomic E-state index is -0.555. The van der Waals surface area contributed by atoms with Crippen LogP contribution in [0.15, 0.2) is 42.5 Å². The lowest BCUT2D eigenvalue weighted by molar-refractivity contribution is -0.126. The number of amides is 2. The van der Waals surface area contributed by atoms with E-state index in [0.29, 0.717) is 30.1 Å². The van der Waals surface area contributed by atoms with E-state index in [-0.39, 0.29) is 17.6 Å². The van der Waals surface area contributed by atoms with E-state index in [1.165, 1.54) is 25.3 Å². The predicted molar refractivity (Wildman–Crippen MR) is 103 cm³/mol. The molecule has 0 saturated carbocycles. The van der Waals surface area contributed by atoms with E-state index in [4.69, 9.17) is 15.2 Å². The molecule has 1 aliphatic rings. The number of benzene rings is 2. The molecule has 0 aliphatic carbocycles. The van der Waals surface area contributed by atoms with Crippen molar-refractivity contribution in [2.24, 2.45) is 5.73 Å². The summed E-state index contributed by atoms with van der Waals surface area (Å²) in [5.74, 6) is -0.870. The number of nitrogens with one attached hydrogen (secondary N) is 2. The second-order valence-electron chi connectivity index (χ2n) is 6.43. The van der Waals surface area contributed by atoms with E-state index in [2.05, 4.69) is 10.6 Å². The number of nitrogens with two attached hydrogens (primary N) is 1. The van der Waals surface area contributed by atoms with Crippen molar-refractivity contribution < 1.29 is 23.5 Å². The number of hydrogen-bond acceptors (Lipinski definition) is 5. The molecule has 2 atom stereocenters. The Morgan fingerprint density at radius 3 is 2.71 bits per heavy atom. The predicted octanol–water partition coefficient (Wildman–Crippen LogP) is 2.53. The SMILES string of the molecule is COc1ccc(NC(=O)[C@@H]2CC[C@H](CN)O2)cc1NC(=O)c1cccc(F)c1. The van der Waals surface area contributed by atoms with Gasteiger partial charge in [0.15, 0.2) is 0 Å². The van der Waals surface area contributed by atoms with Gasteiger partial charge in [-0.3, -0.25) is 9.59 Å². The number of halogens is 1. The first kappa shape index (κ1) is 19.8. The van der Waals surface area contributed by atoms with Crippen molar-refractivity contribution in [3.8, 4) is 5.75 Å². The second kappa shape index (κ2) is 8.81. The lowest BCUT2D eigenvalue weighted by Gasteiger charge is -2.15. The summed E-state index contributed by atoms with van der Waals surface area (Å²) in [6, 6.07) is 10.2. The molecule has 4 N–H and O–H groups in total. The standard InChI is InChI=1S/C20H22FN3O4/c1-27-17-7-5-14(23-20(26)18-8-6-15(11-22)28-18)10-16(17)24-19(25)12-3-2-4-13(21)9-12/h2-5,7,9-10,15,18H,6,8,11,22H2,1H3,(H,23,26)(H,24,25)/t15-,18+/m1/s1. The van der Waals surface area contributed by atoms with Crippen molar-refractivity contribution in [1.82, 2.24) is 0 Å². The Kier molecular flexibility index (Phi) is 6.23. The van der Waals surface area contributed by atoms with Crippen LogP contribution in [0.2, 0.25) is 0 Å². The molecule has 2 aromatic carbocycles. The molecule has 0 spiro atoms. The normalized spacial score (nSPS) is 18.5. The highest BCUT2D eigenvalue weighted by Crippen LogP contribution is 2.29. The Labute approximate surface area is 162 Å². The van der Waals surface area contributed by atoms with Gasteiger partial charge in [0.25, 0.3) is 11.8 Å². The number of methoxy groups -OCH3 is 1. The fraction of sp³-hybridized carbons (Fsp3) is 0.300. The van der Waals surface area contributed by atoms with Crippen LogP contribution in [0.5, 0.6) is 5.75 Å². The third-order valence-electron chi connectivity index (χ3n) is 4.46. The summed E-state index contributed by atoms with van der Waals surface area (Å²) in [4.78, 5) is 24.8. The molecule has 1 saturated heterocycles. The molecule has 1 aliphatic heterocycles. The van der Waals surface area contributed by atoms with Crippen molar-refractivity contribution in [2.75, 3.05) is 24.3 Å². The molecule has 28 heavy (non-hydrogen) atoms. The van der Waals surface area contributed by atoms with Crippen LogP contribution >= 0.6 is 0 Å². The molecule has 2 aromatic rings. The lowest BCUT2D eigenvalue weighted by Crippen LogP contribution is -2.29. The summed E-state index contributed by atoms with van der Waals surface area (Å²) in [5.41, 5.74) is 6.56. The number of rotatable bonds is 6. The van der Waals surface area contributed by atoms with Crippen molar-refractivity contribution >= 4 is 23.2 Å². The van der Waals surface area contributed by atoms with Gasteiger partial charge in [-0.25, -0.2) is 4.39 Å². The minimum absolute atomic E-state index is 0.104. The van der Waals surface area contributed by atoms with E-state index >= 15 is 0 Å². The summed E-state index contributed by atoms with van der Waals surface area (Å²) >= 11 is 0. The smallest absolute Gasteiger partial charge is 0.255 e. The Hall–Kier alpha value is -2.97. The van der Waals surface area contributed by atoms with Crippen LogP contribution in [-0.4, -0.2) is 37.7 Å². The van der Waals surface area contributed by atoms with Crippen LogP contribution in [0.4, 0.5) is 15.8 Å². The summed E-state index contributed by atoms with van der Waals surface area (Å²) in [7, 11) is 1.46. The first-order chi connectivity index (χ1) is 13.5. The molecule has 0 bridgehead atoms. The molecule has 0 unspecified atom stereocenters. The Balaban J connectivity index is 1.73. The van der Waals surface area contributed by atoms with Crippen LogP contribution in [0.3, 0.4) is 0 Å². The van der Waals surface area contributed by atoms with Crippen LogP contribution in [0.25, 0.3) is 0 Å². The van der Waals surface area contributed by atoms with E-state index in [1.54, 1.807) is 18.2 Å². The largest absolute Gasteiger partial charge is 0.495 e. The highest BCUT2D eigenvalue weighted by molar-refractivity contribution is 6.05. The summed E-state index contributed by atoms with van der Waals surface area (Å²) in [6.45, 7) is 0.378. The second-order valence-corrected chi connectivity index (χ2v) is 6.43. The highest BCUT2D eigenvalue weighted by Gasteiger charge is 2.30. The number of hydrogen-bond donors (Lipinski definition) is 3. The van der Waals surface area contributed by atoms with Gasteiger partial charge in [-0.15, -0.1) is 0 Å². The van der Waals surface area contributed by atoms with Gasteiger partial charge in [0.2, 0.25) is 0 Å². The van der Waals surface area contributed by atoms with Crippen LogP contribution in [0, 0.1) is 5.82 Å². The van der Waals surface area contributed by atoms with Crippen molar-refractivity contribution in [3.63, 3.8) is 0 Å². The molecule has 1 fully saturated rings. The van der Waals surface area contributed by atoms with Gasteiger partial charge in [0, 0.05) is 17.8 Å². The third kappa shape index (κ3) is 4.65. The maximum Gasteiger partial charge on any atom is 0.255 e. The van der Waals surface area contributed by atoms with E-state index in [0.717, 1.165) is 12.5 Å². The van der Waals surface area contributed by atoms with Crippen molar-refractivity contribution in [1.29, 1.82) is 0 Å². The summed E-state index contributed by atoms with van der Waals surface area (Å²) in [6.07, 6.45) is 0.688. The maximum atomic E-state index is 13.3. The van der Waals surface area contributed by atoms with E-state index in [1.807, 2.05) is 0 Å².